The lowest BCUT2D eigenvalue weighted by atomic mass is 9.69. The Labute approximate surface area is 341 Å². The van der Waals surface area contributed by atoms with Crippen molar-refractivity contribution >= 4 is 5.91 Å². The topological polar surface area (TPSA) is 47.6 Å². The Kier molecular flexibility index (Phi) is 32.0. The van der Waals surface area contributed by atoms with E-state index in [0.717, 1.165) is 32.1 Å². The number of carbonyl (C=O) groups excluding carboxylic acids is 1. The second-order valence-electron chi connectivity index (χ2n) is 19.7. The molecule has 0 radical (unpaired) electrons. The number of amides is 1. The van der Waals surface area contributed by atoms with Crippen molar-refractivity contribution in [3.05, 3.63) is 0 Å². The lowest BCUT2D eigenvalue weighted by molar-refractivity contribution is -0.124. The van der Waals surface area contributed by atoms with Crippen molar-refractivity contribution in [3.63, 3.8) is 0 Å². The molecule has 0 aliphatic heterocycles. The van der Waals surface area contributed by atoms with Crippen molar-refractivity contribution in [1.82, 2.24) is 5.32 Å². The highest BCUT2D eigenvalue weighted by Gasteiger charge is 2.39. The van der Waals surface area contributed by atoms with Gasteiger partial charge in [-0.25, -0.2) is 0 Å². The van der Waals surface area contributed by atoms with Gasteiger partial charge in [0, 0.05) is 19.1 Å². The van der Waals surface area contributed by atoms with Crippen LogP contribution in [-0.4, -0.2) is 36.4 Å². The summed E-state index contributed by atoms with van der Waals surface area (Å²) in [6, 6.07) is 0. The molecule has 54 heavy (non-hydrogen) atoms. The van der Waals surface area contributed by atoms with Crippen LogP contribution in [0.1, 0.15) is 275 Å². The average molecular weight is 764 g/mol. The highest BCUT2D eigenvalue weighted by Crippen LogP contribution is 2.41. The number of hydrogen-bond donors (Lipinski definition) is 1. The van der Waals surface area contributed by atoms with Gasteiger partial charge in [0.1, 0.15) is 0 Å². The molecule has 0 heterocycles. The summed E-state index contributed by atoms with van der Waals surface area (Å²) < 4.78 is 12.1. The van der Waals surface area contributed by atoms with Gasteiger partial charge in [-0.2, -0.15) is 0 Å². The summed E-state index contributed by atoms with van der Waals surface area (Å²) in [7, 11) is 1.78. The van der Waals surface area contributed by atoms with Crippen LogP contribution >= 0.6 is 0 Å². The minimum atomic E-state index is -0.235. The fourth-order valence-corrected chi connectivity index (χ4v) is 8.81. The third-order valence-electron chi connectivity index (χ3n) is 12.9. The van der Waals surface area contributed by atoms with Crippen LogP contribution in [0.4, 0.5) is 0 Å². The van der Waals surface area contributed by atoms with Gasteiger partial charge in [0.2, 0.25) is 5.91 Å². The van der Waals surface area contributed by atoms with E-state index in [1.807, 2.05) is 0 Å². The molecule has 0 spiro atoms. The first kappa shape index (κ1) is 53.4. The standard InChI is InChI=1S/C50H101NO3/c1-12-16-18-20-22-24-26-28-30-32-34-36-38-45(39-37-35-33-31-29-27-25-23-21-19-17-13-2)42-46(52)51-50(10,15-4)44-49(9,14-3)43-48(7,8)54-41-40-47(5,6)53-11/h45H,12-44H2,1-11H3,(H,51,52). The molecule has 4 nitrogen and oxygen atoms in total. The maximum atomic E-state index is 13.8. The average Bonchev–Trinajstić information content (AvgIpc) is 3.11. The maximum absolute atomic E-state index is 13.8. The van der Waals surface area contributed by atoms with Crippen LogP contribution < -0.4 is 5.32 Å². The molecule has 1 amide bonds. The van der Waals surface area contributed by atoms with Crippen LogP contribution in [0, 0.1) is 11.3 Å². The Morgan fingerprint density at radius 2 is 0.907 bits per heavy atom. The van der Waals surface area contributed by atoms with Crippen LogP contribution in [0.25, 0.3) is 0 Å². The molecular weight excluding hydrogens is 663 g/mol. The smallest absolute Gasteiger partial charge is 0.220 e. The summed E-state index contributed by atoms with van der Waals surface area (Å²) in [5.74, 6) is 0.788. The highest BCUT2D eigenvalue weighted by molar-refractivity contribution is 5.77. The zero-order valence-corrected chi connectivity index (χ0v) is 39.1. The second kappa shape index (κ2) is 32.4. The first-order valence-electron chi connectivity index (χ1n) is 24.2. The molecule has 0 aromatic heterocycles. The molecule has 0 saturated heterocycles. The maximum Gasteiger partial charge on any atom is 0.220 e. The largest absolute Gasteiger partial charge is 0.379 e. The Morgan fingerprint density at radius 3 is 1.26 bits per heavy atom. The van der Waals surface area contributed by atoms with Gasteiger partial charge in [-0.05, 0) is 84.5 Å². The zero-order chi connectivity index (χ0) is 40.6. The number of rotatable bonds is 40. The van der Waals surface area contributed by atoms with Crippen molar-refractivity contribution in [2.45, 2.75) is 291 Å². The van der Waals surface area contributed by atoms with Gasteiger partial charge in [-0.15, -0.1) is 0 Å². The van der Waals surface area contributed by atoms with E-state index < -0.39 is 0 Å². The molecule has 1 N–H and O–H groups in total. The lowest BCUT2D eigenvalue weighted by Crippen LogP contribution is -2.50. The van der Waals surface area contributed by atoms with E-state index in [1.165, 1.54) is 167 Å². The van der Waals surface area contributed by atoms with Crippen LogP contribution in [0.3, 0.4) is 0 Å². The van der Waals surface area contributed by atoms with Gasteiger partial charge < -0.3 is 14.8 Å². The van der Waals surface area contributed by atoms with Crippen molar-refractivity contribution < 1.29 is 14.3 Å². The fourth-order valence-electron chi connectivity index (χ4n) is 8.81. The van der Waals surface area contributed by atoms with Gasteiger partial charge in [0.05, 0.1) is 17.8 Å². The number of hydrogen-bond acceptors (Lipinski definition) is 3. The van der Waals surface area contributed by atoms with E-state index in [1.54, 1.807) is 7.11 Å². The minimum Gasteiger partial charge on any atom is -0.379 e. The Balaban J connectivity index is 5.02. The van der Waals surface area contributed by atoms with Crippen molar-refractivity contribution in [2.75, 3.05) is 13.7 Å². The lowest BCUT2D eigenvalue weighted by Gasteiger charge is -2.43. The van der Waals surface area contributed by atoms with E-state index in [4.69, 9.17) is 9.47 Å². The normalized spacial score (nSPS) is 14.7. The van der Waals surface area contributed by atoms with Gasteiger partial charge in [-0.1, -0.05) is 195 Å². The summed E-state index contributed by atoms with van der Waals surface area (Å²) in [4.78, 5) is 13.8. The third-order valence-corrected chi connectivity index (χ3v) is 12.9. The van der Waals surface area contributed by atoms with Gasteiger partial charge in [0.15, 0.2) is 0 Å². The van der Waals surface area contributed by atoms with Crippen molar-refractivity contribution in [3.8, 4) is 0 Å². The summed E-state index contributed by atoms with van der Waals surface area (Å²) in [6.45, 7) is 23.3. The number of unbranched alkanes of at least 4 members (excludes halogenated alkanes) is 22. The first-order valence-corrected chi connectivity index (χ1v) is 24.2. The van der Waals surface area contributed by atoms with Crippen LogP contribution in [0.5, 0.6) is 0 Å². The number of nitrogens with one attached hydrogen (secondary N) is 1. The summed E-state index contributed by atoms with van der Waals surface area (Å²) in [5, 5.41) is 3.62. The van der Waals surface area contributed by atoms with E-state index in [-0.39, 0.29) is 28.1 Å². The Morgan fingerprint density at radius 1 is 0.519 bits per heavy atom. The number of methoxy groups -OCH3 is 1. The molecule has 0 aromatic rings. The first-order chi connectivity index (χ1) is 25.7. The third kappa shape index (κ3) is 30.5. The molecule has 0 rings (SSSR count). The van der Waals surface area contributed by atoms with Crippen LogP contribution in [-0.2, 0) is 14.3 Å². The molecule has 0 aromatic carbocycles. The fraction of sp³-hybridized carbons (Fsp3) is 0.980. The number of carbonyl (C=O) groups is 1. The predicted octanol–water partition coefficient (Wildman–Crippen LogP) is 16.3. The molecule has 0 saturated carbocycles. The van der Waals surface area contributed by atoms with E-state index in [0.29, 0.717) is 18.9 Å². The van der Waals surface area contributed by atoms with Crippen molar-refractivity contribution in [2.24, 2.45) is 11.3 Å². The van der Waals surface area contributed by atoms with Gasteiger partial charge in [0.25, 0.3) is 0 Å². The highest BCUT2D eigenvalue weighted by atomic mass is 16.5. The Bertz CT molecular complexity index is 827. The molecule has 2 unspecified atom stereocenters. The SMILES string of the molecule is CCCCCCCCCCCCCCC(CCCCCCCCCCCCCC)CC(=O)NC(C)(CC)CC(C)(CC)CC(C)(C)OCCC(C)(C)OC. The summed E-state index contributed by atoms with van der Waals surface area (Å²) in [6.07, 6.45) is 41.2. The number of ether oxygens (including phenoxy) is 2. The van der Waals surface area contributed by atoms with Gasteiger partial charge in [-0.3, -0.25) is 4.79 Å². The molecule has 2 atom stereocenters. The molecule has 324 valence electrons. The zero-order valence-electron chi connectivity index (χ0n) is 39.1. The predicted molar refractivity (Wildman–Crippen MR) is 240 cm³/mol. The molecule has 4 heteroatoms. The molecule has 0 bridgehead atoms. The molecule has 0 aliphatic rings. The molecule has 0 aliphatic carbocycles. The van der Waals surface area contributed by atoms with Gasteiger partial charge >= 0.3 is 0 Å². The van der Waals surface area contributed by atoms with Crippen molar-refractivity contribution in [1.29, 1.82) is 0 Å². The second-order valence-corrected chi connectivity index (χ2v) is 19.7. The molecule has 0 fully saturated rings. The van der Waals surface area contributed by atoms with E-state index in [9.17, 15) is 4.79 Å². The Hall–Kier alpha value is -0.610. The van der Waals surface area contributed by atoms with E-state index in [2.05, 4.69) is 74.6 Å². The molecular formula is C50H101NO3. The summed E-state index contributed by atoms with van der Waals surface area (Å²) in [5.41, 5.74) is -0.553. The summed E-state index contributed by atoms with van der Waals surface area (Å²) >= 11 is 0. The van der Waals surface area contributed by atoms with E-state index >= 15 is 0 Å². The quantitative estimate of drug-likeness (QED) is 0.0632. The van der Waals surface area contributed by atoms with Crippen LogP contribution in [0.2, 0.25) is 0 Å². The minimum absolute atomic E-state index is 0.0713. The van der Waals surface area contributed by atoms with Crippen LogP contribution in [0.15, 0.2) is 0 Å². The monoisotopic (exact) mass is 764 g/mol.